The second-order valence-electron chi connectivity index (χ2n) is 5.68. The van der Waals surface area contributed by atoms with Gasteiger partial charge in [0.1, 0.15) is 0 Å². The molecule has 23 heavy (non-hydrogen) atoms. The lowest BCUT2D eigenvalue weighted by atomic mass is 10.3. The highest BCUT2D eigenvalue weighted by molar-refractivity contribution is 7.89. The Kier molecular flexibility index (Phi) is 4.36. The van der Waals surface area contributed by atoms with Gasteiger partial charge in [-0.1, -0.05) is 0 Å². The number of benzene rings is 1. The first-order valence-electron chi connectivity index (χ1n) is 7.66. The lowest BCUT2D eigenvalue weighted by Gasteiger charge is -2.20. The van der Waals surface area contributed by atoms with E-state index in [4.69, 9.17) is 0 Å². The van der Waals surface area contributed by atoms with Crippen LogP contribution in [-0.4, -0.2) is 50.7 Å². The van der Waals surface area contributed by atoms with Crippen LogP contribution in [-0.2, 0) is 19.6 Å². The van der Waals surface area contributed by atoms with E-state index in [2.05, 4.69) is 5.32 Å². The fraction of sp³-hybridized carbons (Fsp3) is 0.467. The van der Waals surface area contributed by atoms with Crippen LogP contribution < -0.4 is 10.2 Å². The fourth-order valence-corrected chi connectivity index (χ4v) is 4.29. The largest absolute Gasteiger partial charge is 0.355 e. The summed E-state index contributed by atoms with van der Waals surface area (Å²) < 4.78 is 26.5. The molecule has 124 valence electrons. The molecule has 2 fully saturated rings. The maximum absolute atomic E-state index is 12.6. The lowest BCUT2D eigenvalue weighted by Crippen LogP contribution is -2.37. The minimum atomic E-state index is -3.70. The molecule has 0 spiro atoms. The van der Waals surface area contributed by atoms with Gasteiger partial charge in [0.15, 0.2) is 0 Å². The molecule has 0 bridgehead atoms. The van der Waals surface area contributed by atoms with E-state index in [1.165, 1.54) is 16.4 Å². The molecule has 2 heterocycles. The maximum Gasteiger partial charge on any atom is 0.243 e. The van der Waals surface area contributed by atoms with Crippen LogP contribution in [0.2, 0.25) is 0 Å². The highest BCUT2D eigenvalue weighted by atomic mass is 32.2. The van der Waals surface area contributed by atoms with Crippen molar-refractivity contribution in [1.29, 1.82) is 0 Å². The van der Waals surface area contributed by atoms with E-state index in [9.17, 15) is 18.0 Å². The number of hydrogen-bond donors (Lipinski definition) is 1. The molecule has 1 aromatic carbocycles. The molecule has 2 amide bonds. The van der Waals surface area contributed by atoms with Crippen LogP contribution >= 0.6 is 0 Å². The minimum Gasteiger partial charge on any atom is -0.355 e. The summed E-state index contributed by atoms with van der Waals surface area (Å²) in [5, 5.41) is 2.66. The zero-order valence-electron chi connectivity index (χ0n) is 12.7. The molecule has 1 N–H and O–H groups in total. The highest BCUT2D eigenvalue weighted by Gasteiger charge is 2.28. The standard InChI is InChI=1S/C15H19N3O4S/c19-14-11-17(9-2-8-16-14)23(21,22)13-6-4-12(5-7-13)18-10-1-3-15(18)20/h4-7H,1-3,8-11H2,(H,16,19). The van der Waals surface area contributed by atoms with Crippen molar-refractivity contribution in [3.05, 3.63) is 24.3 Å². The van der Waals surface area contributed by atoms with Gasteiger partial charge in [-0.05, 0) is 37.1 Å². The summed E-state index contributed by atoms with van der Waals surface area (Å²) >= 11 is 0. The summed E-state index contributed by atoms with van der Waals surface area (Å²) in [6.07, 6.45) is 1.94. The van der Waals surface area contributed by atoms with Crippen LogP contribution in [0.3, 0.4) is 0 Å². The molecule has 0 atom stereocenters. The van der Waals surface area contributed by atoms with Crippen LogP contribution in [0.5, 0.6) is 0 Å². The minimum absolute atomic E-state index is 0.0600. The molecule has 8 heteroatoms. The van der Waals surface area contributed by atoms with E-state index in [0.29, 0.717) is 38.2 Å². The average Bonchev–Trinajstić information content (AvgIpc) is 2.83. The number of anilines is 1. The third-order valence-corrected chi connectivity index (χ3v) is 5.95. The summed E-state index contributed by atoms with van der Waals surface area (Å²) in [4.78, 5) is 25.1. The van der Waals surface area contributed by atoms with Crippen LogP contribution in [0.15, 0.2) is 29.2 Å². The molecule has 0 aliphatic carbocycles. The van der Waals surface area contributed by atoms with Gasteiger partial charge >= 0.3 is 0 Å². The molecule has 2 aliphatic rings. The molecule has 0 radical (unpaired) electrons. The van der Waals surface area contributed by atoms with Gasteiger partial charge in [0.2, 0.25) is 21.8 Å². The first-order valence-corrected chi connectivity index (χ1v) is 9.10. The Labute approximate surface area is 135 Å². The molecule has 1 aromatic rings. The molecular weight excluding hydrogens is 318 g/mol. The number of carbonyl (C=O) groups is 2. The maximum atomic E-state index is 12.6. The molecule has 0 aromatic heterocycles. The van der Waals surface area contributed by atoms with E-state index in [0.717, 1.165) is 6.42 Å². The summed E-state index contributed by atoms with van der Waals surface area (Å²) in [5.74, 6) is -0.227. The van der Waals surface area contributed by atoms with Gasteiger partial charge in [-0.25, -0.2) is 8.42 Å². The van der Waals surface area contributed by atoms with Crippen LogP contribution in [0, 0.1) is 0 Å². The van der Waals surface area contributed by atoms with Crippen LogP contribution in [0.4, 0.5) is 5.69 Å². The quantitative estimate of drug-likeness (QED) is 0.861. The van der Waals surface area contributed by atoms with E-state index < -0.39 is 10.0 Å². The smallest absolute Gasteiger partial charge is 0.243 e. The molecule has 3 rings (SSSR count). The Bertz CT molecular complexity index is 715. The van der Waals surface area contributed by atoms with Gasteiger partial charge in [-0.3, -0.25) is 9.59 Å². The number of hydrogen-bond acceptors (Lipinski definition) is 4. The SMILES string of the molecule is O=C1CN(S(=O)(=O)c2ccc(N3CCCC3=O)cc2)CCCN1. The zero-order valence-corrected chi connectivity index (χ0v) is 13.5. The predicted octanol–water partition coefficient (Wildman–Crippen LogP) is 0.324. The van der Waals surface area contributed by atoms with Crippen LogP contribution in [0.1, 0.15) is 19.3 Å². The Morgan fingerprint density at radius 3 is 2.39 bits per heavy atom. The Balaban J connectivity index is 1.82. The number of nitrogens with one attached hydrogen (secondary N) is 1. The van der Waals surface area contributed by atoms with Crippen molar-refractivity contribution in [2.24, 2.45) is 0 Å². The van der Waals surface area contributed by atoms with Crippen molar-refractivity contribution in [2.75, 3.05) is 31.1 Å². The third-order valence-electron chi connectivity index (χ3n) is 4.09. The van der Waals surface area contributed by atoms with Crippen molar-refractivity contribution in [2.45, 2.75) is 24.2 Å². The normalized spacial score (nSPS) is 20.4. The number of nitrogens with zero attached hydrogens (tertiary/aromatic N) is 2. The lowest BCUT2D eigenvalue weighted by molar-refractivity contribution is -0.120. The van der Waals surface area contributed by atoms with E-state index in [1.54, 1.807) is 17.0 Å². The highest BCUT2D eigenvalue weighted by Crippen LogP contribution is 2.24. The van der Waals surface area contributed by atoms with Crippen LogP contribution in [0.25, 0.3) is 0 Å². The van der Waals surface area contributed by atoms with E-state index >= 15 is 0 Å². The molecule has 0 unspecified atom stereocenters. The van der Waals surface area contributed by atoms with E-state index in [1.807, 2.05) is 0 Å². The Hall–Kier alpha value is -1.93. The van der Waals surface area contributed by atoms with Gasteiger partial charge in [0.25, 0.3) is 0 Å². The summed E-state index contributed by atoms with van der Waals surface area (Å²) in [6.45, 7) is 1.31. The molecule has 0 saturated carbocycles. The van der Waals surface area contributed by atoms with Crippen molar-refractivity contribution in [3.63, 3.8) is 0 Å². The first kappa shape index (κ1) is 15.9. The molecule has 2 aliphatic heterocycles. The van der Waals surface area contributed by atoms with E-state index in [-0.39, 0.29) is 23.3 Å². The number of rotatable bonds is 3. The first-order chi connectivity index (χ1) is 11.0. The zero-order chi connectivity index (χ0) is 16.4. The summed E-state index contributed by atoms with van der Waals surface area (Å²) in [6, 6.07) is 6.29. The Morgan fingerprint density at radius 2 is 1.74 bits per heavy atom. The van der Waals surface area contributed by atoms with Crippen molar-refractivity contribution >= 4 is 27.5 Å². The second kappa shape index (κ2) is 6.29. The van der Waals surface area contributed by atoms with Crippen molar-refractivity contribution in [1.82, 2.24) is 9.62 Å². The Morgan fingerprint density at radius 1 is 1.00 bits per heavy atom. The topological polar surface area (TPSA) is 86.8 Å². The average molecular weight is 337 g/mol. The second-order valence-corrected chi connectivity index (χ2v) is 7.62. The van der Waals surface area contributed by atoms with Crippen molar-refractivity contribution in [3.8, 4) is 0 Å². The fourth-order valence-electron chi connectivity index (χ4n) is 2.85. The van der Waals surface area contributed by atoms with Crippen molar-refractivity contribution < 1.29 is 18.0 Å². The molecule has 7 nitrogen and oxygen atoms in total. The summed E-state index contributed by atoms with van der Waals surface area (Å²) in [5.41, 5.74) is 0.708. The molecule has 2 saturated heterocycles. The third kappa shape index (κ3) is 3.23. The summed E-state index contributed by atoms with van der Waals surface area (Å²) in [7, 11) is -3.70. The number of amides is 2. The van der Waals surface area contributed by atoms with Gasteiger partial charge in [-0.2, -0.15) is 4.31 Å². The van der Waals surface area contributed by atoms with Gasteiger partial charge in [0, 0.05) is 31.7 Å². The predicted molar refractivity (Wildman–Crippen MR) is 84.4 cm³/mol. The monoisotopic (exact) mass is 337 g/mol. The number of carbonyl (C=O) groups excluding carboxylic acids is 2. The van der Waals surface area contributed by atoms with Gasteiger partial charge in [-0.15, -0.1) is 0 Å². The van der Waals surface area contributed by atoms with Gasteiger partial charge in [0.05, 0.1) is 11.4 Å². The number of sulfonamides is 1. The molecular formula is C15H19N3O4S. The van der Waals surface area contributed by atoms with Gasteiger partial charge < -0.3 is 10.2 Å².